The standard InChI is InChI=1S/C12H9N3O4/c16-12(17)8-1-2-10(11(7-8)15(18)19)14-9-3-5-13-6-4-9/h1-7H,(H,13,14)(H,16,17). The fourth-order valence-electron chi connectivity index (χ4n) is 1.51. The quantitative estimate of drug-likeness (QED) is 0.645. The Labute approximate surface area is 107 Å². The Kier molecular flexibility index (Phi) is 3.37. The summed E-state index contributed by atoms with van der Waals surface area (Å²) in [6.45, 7) is 0. The van der Waals surface area contributed by atoms with Gasteiger partial charge in [0.05, 0.1) is 10.5 Å². The molecule has 0 bridgehead atoms. The third kappa shape index (κ3) is 2.83. The zero-order chi connectivity index (χ0) is 13.8. The molecule has 0 radical (unpaired) electrons. The maximum absolute atomic E-state index is 10.9. The molecule has 0 unspecified atom stereocenters. The smallest absolute Gasteiger partial charge is 0.335 e. The van der Waals surface area contributed by atoms with Gasteiger partial charge in [0.15, 0.2) is 0 Å². The topological polar surface area (TPSA) is 105 Å². The SMILES string of the molecule is O=C(O)c1ccc(Nc2ccncc2)c([N+](=O)[O-])c1. The minimum Gasteiger partial charge on any atom is -0.478 e. The number of carboxylic acids is 1. The highest BCUT2D eigenvalue weighted by atomic mass is 16.6. The molecule has 0 atom stereocenters. The van der Waals surface area contributed by atoms with Crippen molar-refractivity contribution in [2.75, 3.05) is 5.32 Å². The van der Waals surface area contributed by atoms with Crippen molar-refractivity contribution in [2.45, 2.75) is 0 Å². The maximum atomic E-state index is 10.9. The molecule has 2 N–H and O–H groups in total. The molecule has 1 heterocycles. The second kappa shape index (κ2) is 5.13. The van der Waals surface area contributed by atoms with Crippen LogP contribution in [-0.4, -0.2) is 21.0 Å². The summed E-state index contributed by atoms with van der Waals surface area (Å²) in [4.78, 5) is 24.9. The summed E-state index contributed by atoms with van der Waals surface area (Å²) in [7, 11) is 0. The first-order valence-electron chi connectivity index (χ1n) is 5.26. The van der Waals surface area contributed by atoms with Gasteiger partial charge in [-0.15, -0.1) is 0 Å². The predicted molar refractivity (Wildman–Crippen MR) is 67.6 cm³/mol. The van der Waals surface area contributed by atoms with Crippen molar-refractivity contribution >= 4 is 23.0 Å². The number of nitro groups is 1. The zero-order valence-electron chi connectivity index (χ0n) is 9.61. The van der Waals surface area contributed by atoms with Crippen LogP contribution in [0.5, 0.6) is 0 Å². The van der Waals surface area contributed by atoms with E-state index in [2.05, 4.69) is 10.3 Å². The van der Waals surface area contributed by atoms with E-state index in [1.54, 1.807) is 24.5 Å². The lowest BCUT2D eigenvalue weighted by molar-refractivity contribution is -0.383. The van der Waals surface area contributed by atoms with Crippen LogP contribution in [-0.2, 0) is 0 Å². The van der Waals surface area contributed by atoms with E-state index in [9.17, 15) is 14.9 Å². The molecule has 1 aromatic carbocycles. The van der Waals surface area contributed by atoms with Gasteiger partial charge < -0.3 is 10.4 Å². The molecule has 2 rings (SSSR count). The molecule has 0 aliphatic rings. The molecule has 0 saturated heterocycles. The van der Waals surface area contributed by atoms with Gasteiger partial charge in [-0.2, -0.15) is 0 Å². The van der Waals surface area contributed by atoms with Gasteiger partial charge in [0, 0.05) is 24.1 Å². The minimum atomic E-state index is -1.21. The zero-order valence-corrected chi connectivity index (χ0v) is 9.61. The maximum Gasteiger partial charge on any atom is 0.335 e. The van der Waals surface area contributed by atoms with Crippen molar-refractivity contribution in [1.82, 2.24) is 4.98 Å². The van der Waals surface area contributed by atoms with E-state index in [1.807, 2.05) is 0 Å². The van der Waals surface area contributed by atoms with E-state index < -0.39 is 10.9 Å². The Hall–Kier alpha value is -2.96. The molecular weight excluding hydrogens is 250 g/mol. The second-order valence-corrected chi connectivity index (χ2v) is 3.66. The van der Waals surface area contributed by atoms with Crippen LogP contribution in [0.25, 0.3) is 0 Å². The number of benzene rings is 1. The highest BCUT2D eigenvalue weighted by Crippen LogP contribution is 2.28. The van der Waals surface area contributed by atoms with Gasteiger partial charge in [0.1, 0.15) is 5.69 Å². The van der Waals surface area contributed by atoms with Crippen LogP contribution in [0.4, 0.5) is 17.1 Å². The number of rotatable bonds is 4. The number of pyridine rings is 1. The van der Waals surface area contributed by atoms with Gasteiger partial charge in [-0.25, -0.2) is 4.79 Å². The van der Waals surface area contributed by atoms with Crippen molar-refractivity contribution in [3.8, 4) is 0 Å². The number of anilines is 2. The monoisotopic (exact) mass is 259 g/mol. The molecule has 19 heavy (non-hydrogen) atoms. The Morgan fingerprint density at radius 2 is 1.95 bits per heavy atom. The van der Waals surface area contributed by atoms with E-state index in [1.165, 1.54) is 12.1 Å². The molecular formula is C12H9N3O4. The first kappa shape index (κ1) is 12.5. The summed E-state index contributed by atoms with van der Waals surface area (Å²) >= 11 is 0. The lowest BCUT2D eigenvalue weighted by Gasteiger charge is -2.07. The Morgan fingerprint density at radius 3 is 2.53 bits per heavy atom. The average Bonchev–Trinajstić information content (AvgIpc) is 2.39. The van der Waals surface area contributed by atoms with Gasteiger partial charge in [0.25, 0.3) is 5.69 Å². The van der Waals surface area contributed by atoms with Gasteiger partial charge >= 0.3 is 5.97 Å². The Morgan fingerprint density at radius 1 is 1.26 bits per heavy atom. The van der Waals surface area contributed by atoms with Crippen molar-refractivity contribution in [2.24, 2.45) is 0 Å². The number of hydrogen-bond acceptors (Lipinski definition) is 5. The largest absolute Gasteiger partial charge is 0.478 e. The van der Waals surface area contributed by atoms with Crippen LogP contribution in [0.1, 0.15) is 10.4 Å². The molecule has 7 nitrogen and oxygen atoms in total. The molecule has 0 fully saturated rings. The van der Waals surface area contributed by atoms with Crippen molar-refractivity contribution < 1.29 is 14.8 Å². The molecule has 0 aliphatic carbocycles. The fourth-order valence-corrected chi connectivity index (χ4v) is 1.51. The number of nitrogens with one attached hydrogen (secondary N) is 1. The van der Waals surface area contributed by atoms with E-state index >= 15 is 0 Å². The number of hydrogen-bond donors (Lipinski definition) is 2. The summed E-state index contributed by atoms with van der Waals surface area (Å²) < 4.78 is 0. The number of carboxylic acid groups (broad SMARTS) is 1. The summed E-state index contributed by atoms with van der Waals surface area (Å²) in [6, 6.07) is 6.98. The summed E-state index contributed by atoms with van der Waals surface area (Å²) in [5, 5.41) is 22.6. The van der Waals surface area contributed by atoms with Crippen LogP contribution in [0.2, 0.25) is 0 Å². The van der Waals surface area contributed by atoms with E-state index in [0.29, 0.717) is 5.69 Å². The number of carbonyl (C=O) groups is 1. The lowest BCUT2D eigenvalue weighted by atomic mass is 10.1. The molecule has 0 spiro atoms. The molecule has 7 heteroatoms. The van der Waals surface area contributed by atoms with Crippen LogP contribution in [0.3, 0.4) is 0 Å². The number of aromatic nitrogens is 1. The first-order chi connectivity index (χ1) is 9.08. The third-order valence-electron chi connectivity index (χ3n) is 2.40. The van der Waals surface area contributed by atoms with Gasteiger partial charge in [0.2, 0.25) is 0 Å². The highest BCUT2D eigenvalue weighted by Gasteiger charge is 2.17. The lowest BCUT2D eigenvalue weighted by Crippen LogP contribution is -2.01. The first-order valence-corrected chi connectivity index (χ1v) is 5.26. The fraction of sp³-hybridized carbons (Fsp3) is 0. The predicted octanol–water partition coefficient (Wildman–Crippen LogP) is 2.43. The molecule has 0 saturated carbocycles. The number of aromatic carboxylic acids is 1. The minimum absolute atomic E-state index is 0.132. The Bertz CT molecular complexity index is 628. The van der Waals surface area contributed by atoms with E-state index in [4.69, 9.17) is 5.11 Å². The molecule has 1 aromatic heterocycles. The van der Waals surface area contributed by atoms with Crippen LogP contribution >= 0.6 is 0 Å². The number of nitro benzene ring substituents is 1. The third-order valence-corrected chi connectivity index (χ3v) is 2.40. The molecule has 0 amide bonds. The average molecular weight is 259 g/mol. The van der Waals surface area contributed by atoms with Crippen LogP contribution < -0.4 is 5.32 Å². The van der Waals surface area contributed by atoms with Crippen molar-refractivity contribution in [3.63, 3.8) is 0 Å². The van der Waals surface area contributed by atoms with Crippen LogP contribution in [0.15, 0.2) is 42.7 Å². The van der Waals surface area contributed by atoms with E-state index in [-0.39, 0.29) is 16.9 Å². The van der Waals surface area contributed by atoms with Gasteiger partial charge in [-0.3, -0.25) is 15.1 Å². The van der Waals surface area contributed by atoms with Gasteiger partial charge in [-0.05, 0) is 24.3 Å². The van der Waals surface area contributed by atoms with E-state index in [0.717, 1.165) is 6.07 Å². The highest BCUT2D eigenvalue weighted by molar-refractivity contribution is 5.90. The van der Waals surface area contributed by atoms with Gasteiger partial charge in [-0.1, -0.05) is 0 Å². The number of nitrogens with zero attached hydrogens (tertiary/aromatic N) is 2. The Balaban J connectivity index is 2.40. The van der Waals surface area contributed by atoms with Crippen molar-refractivity contribution in [3.05, 3.63) is 58.4 Å². The summed E-state index contributed by atoms with van der Waals surface area (Å²) in [5.74, 6) is -1.21. The van der Waals surface area contributed by atoms with Crippen LogP contribution in [0, 0.1) is 10.1 Å². The molecule has 96 valence electrons. The van der Waals surface area contributed by atoms with Crippen molar-refractivity contribution in [1.29, 1.82) is 0 Å². The summed E-state index contributed by atoms with van der Waals surface area (Å²) in [6.07, 6.45) is 3.08. The molecule has 2 aromatic rings. The molecule has 0 aliphatic heterocycles. The summed E-state index contributed by atoms with van der Waals surface area (Å²) in [5.41, 5.74) is 0.422. The normalized spacial score (nSPS) is 9.89. The second-order valence-electron chi connectivity index (χ2n) is 3.66.